The molecule has 2 nitrogen and oxygen atoms in total. The molecule has 0 fully saturated rings. The van der Waals surface area contributed by atoms with Crippen molar-refractivity contribution in [3.05, 3.63) is 56.5 Å². The second-order valence-electron chi connectivity index (χ2n) is 4.63. The summed E-state index contributed by atoms with van der Waals surface area (Å²) in [5.41, 5.74) is 3.10. The van der Waals surface area contributed by atoms with Crippen LogP contribution < -0.4 is 10.2 Å². The maximum atomic E-state index is 6.24. The third-order valence-electron chi connectivity index (χ3n) is 2.90. The molecule has 0 heterocycles. The van der Waals surface area contributed by atoms with Crippen LogP contribution in [-0.2, 0) is 6.54 Å². The molecule has 0 saturated carbocycles. The zero-order valence-electron chi connectivity index (χ0n) is 11.3. The fourth-order valence-corrected chi connectivity index (χ4v) is 2.75. The van der Waals surface area contributed by atoms with Gasteiger partial charge in [0.25, 0.3) is 0 Å². The first-order valence-electron chi connectivity index (χ1n) is 6.12. The number of anilines is 2. The van der Waals surface area contributed by atoms with Crippen LogP contribution in [0.25, 0.3) is 0 Å². The molecule has 5 heteroatoms. The van der Waals surface area contributed by atoms with Crippen LogP contribution in [0.15, 0.2) is 40.9 Å². The third kappa shape index (κ3) is 3.60. The van der Waals surface area contributed by atoms with E-state index in [2.05, 4.69) is 21.2 Å². The van der Waals surface area contributed by atoms with Crippen LogP contribution in [0.3, 0.4) is 0 Å². The molecule has 0 saturated heterocycles. The Morgan fingerprint density at radius 3 is 2.50 bits per heavy atom. The number of rotatable bonds is 4. The summed E-state index contributed by atoms with van der Waals surface area (Å²) in [7, 11) is 3.95. The first-order chi connectivity index (χ1) is 9.49. The molecular weight excluding hydrogens is 359 g/mol. The number of nitrogens with zero attached hydrogens (tertiary/aromatic N) is 1. The van der Waals surface area contributed by atoms with E-state index in [-0.39, 0.29) is 0 Å². The van der Waals surface area contributed by atoms with Crippen molar-refractivity contribution in [1.29, 1.82) is 0 Å². The highest BCUT2D eigenvalue weighted by atomic mass is 79.9. The fourth-order valence-electron chi connectivity index (χ4n) is 1.96. The molecule has 20 heavy (non-hydrogen) atoms. The molecule has 2 aromatic carbocycles. The Kier molecular flexibility index (Phi) is 5.19. The Morgan fingerprint density at radius 2 is 1.85 bits per heavy atom. The topological polar surface area (TPSA) is 15.3 Å². The molecule has 0 amide bonds. The standard InChI is InChI=1S/C15H15BrCl2N2/c1-20(2)15-12(17)4-3-5-14(15)19-9-10-6-7-11(16)13(18)8-10/h3-8,19H,9H2,1-2H3. The van der Waals surface area contributed by atoms with Crippen molar-refractivity contribution >= 4 is 50.5 Å². The summed E-state index contributed by atoms with van der Waals surface area (Å²) in [6.45, 7) is 0.689. The third-order valence-corrected chi connectivity index (χ3v) is 4.44. The van der Waals surface area contributed by atoms with Gasteiger partial charge < -0.3 is 10.2 Å². The average molecular weight is 374 g/mol. The van der Waals surface area contributed by atoms with Crippen LogP contribution in [0.5, 0.6) is 0 Å². The Bertz CT molecular complexity index is 615. The molecule has 0 atom stereocenters. The van der Waals surface area contributed by atoms with Crippen molar-refractivity contribution in [1.82, 2.24) is 0 Å². The van der Waals surface area contributed by atoms with Gasteiger partial charge in [-0.1, -0.05) is 35.3 Å². The molecule has 2 rings (SSSR count). The van der Waals surface area contributed by atoms with E-state index in [0.29, 0.717) is 11.6 Å². The SMILES string of the molecule is CN(C)c1c(Cl)cccc1NCc1ccc(Br)c(Cl)c1. The Morgan fingerprint density at radius 1 is 1.10 bits per heavy atom. The summed E-state index contributed by atoms with van der Waals surface area (Å²) in [6.07, 6.45) is 0. The minimum Gasteiger partial charge on any atom is -0.379 e. The van der Waals surface area contributed by atoms with Crippen molar-refractivity contribution < 1.29 is 0 Å². The molecule has 0 aliphatic carbocycles. The maximum Gasteiger partial charge on any atom is 0.0786 e. The van der Waals surface area contributed by atoms with Crippen molar-refractivity contribution in [2.45, 2.75) is 6.54 Å². The lowest BCUT2D eigenvalue weighted by Gasteiger charge is -2.20. The first kappa shape index (κ1) is 15.5. The van der Waals surface area contributed by atoms with Gasteiger partial charge in [-0.15, -0.1) is 0 Å². The van der Waals surface area contributed by atoms with Gasteiger partial charge in [-0.05, 0) is 45.8 Å². The van der Waals surface area contributed by atoms with Gasteiger partial charge in [0, 0.05) is 25.1 Å². The monoisotopic (exact) mass is 372 g/mol. The van der Waals surface area contributed by atoms with E-state index < -0.39 is 0 Å². The number of halogens is 3. The largest absolute Gasteiger partial charge is 0.379 e. The summed E-state index contributed by atoms with van der Waals surface area (Å²) >= 11 is 15.7. The van der Waals surface area contributed by atoms with Crippen LogP contribution in [0.1, 0.15) is 5.56 Å². The average Bonchev–Trinajstić information content (AvgIpc) is 2.39. The molecule has 0 aromatic heterocycles. The Labute approximate surface area is 137 Å². The maximum absolute atomic E-state index is 6.24. The molecule has 0 aliphatic heterocycles. The van der Waals surface area contributed by atoms with Gasteiger partial charge in [-0.3, -0.25) is 0 Å². The smallest absolute Gasteiger partial charge is 0.0786 e. The van der Waals surface area contributed by atoms with E-state index in [1.165, 1.54) is 0 Å². The highest BCUT2D eigenvalue weighted by Crippen LogP contribution is 2.33. The fraction of sp³-hybridized carbons (Fsp3) is 0.200. The lowest BCUT2D eigenvalue weighted by molar-refractivity contribution is 1.10. The van der Waals surface area contributed by atoms with Crippen LogP contribution >= 0.6 is 39.1 Å². The zero-order chi connectivity index (χ0) is 14.7. The number of para-hydroxylation sites is 1. The lowest BCUT2D eigenvalue weighted by Crippen LogP contribution is -2.12. The highest BCUT2D eigenvalue weighted by molar-refractivity contribution is 9.10. The van der Waals surface area contributed by atoms with Gasteiger partial charge in [-0.2, -0.15) is 0 Å². The number of hydrogen-bond acceptors (Lipinski definition) is 2. The minimum atomic E-state index is 0.689. The molecule has 1 N–H and O–H groups in total. The molecule has 0 spiro atoms. The van der Waals surface area contributed by atoms with Gasteiger partial charge >= 0.3 is 0 Å². The minimum absolute atomic E-state index is 0.689. The van der Waals surface area contributed by atoms with Gasteiger partial charge in [-0.25, -0.2) is 0 Å². The highest BCUT2D eigenvalue weighted by Gasteiger charge is 2.09. The summed E-state index contributed by atoms with van der Waals surface area (Å²) in [6, 6.07) is 11.8. The molecule has 106 valence electrons. The van der Waals surface area contributed by atoms with Crippen LogP contribution in [0.2, 0.25) is 10.0 Å². The first-order valence-corrected chi connectivity index (χ1v) is 7.67. The Hall–Kier alpha value is -0.900. The molecule has 0 aliphatic rings. The predicted octanol–water partition coefficient (Wildman–Crippen LogP) is 5.43. The van der Waals surface area contributed by atoms with Crippen molar-refractivity contribution in [3.8, 4) is 0 Å². The summed E-state index contributed by atoms with van der Waals surface area (Å²) < 4.78 is 0.902. The van der Waals surface area contributed by atoms with Gasteiger partial charge in [0.15, 0.2) is 0 Å². The number of hydrogen-bond donors (Lipinski definition) is 1. The van der Waals surface area contributed by atoms with Crippen LogP contribution in [0.4, 0.5) is 11.4 Å². The summed E-state index contributed by atoms with van der Waals surface area (Å²) in [5.74, 6) is 0. The molecule has 2 aromatic rings. The van der Waals surface area contributed by atoms with Crippen LogP contribution in [0, 0.1) is 0 Å². The van der Waals surface area contributed by atoms with Gasteiger partial charge in [0.05, 0.1) is 21.4 Å². The molecule has 0 bridgehead atoms. The van der Waals surface area contributed by atoms with Crippen molar-refractivity contribution in [3.63, 3.8) is 0 Å². The second-order valence-corrected chi connectivity index (χ2v) is 6.30. The van der Waals surface area contributed by atoms with E-state index in [4.69, 9.17) is 23.2 Å². The molecular formula is C15H15BrCl2N2. The van der Waals surface area contributed by atoms with Crippen LogP contribution in [-0.4, -0.2) is 14.1 Å². The van der Waals surface area contributed by atoms with E-state index in [1.807, 2.05) is 55.4 Å². The second kappa shape index (κ2) is 6.70. The quantitative estimate of drug-likeness (QED) is 0.768. The zero-order valence-corrected chi connectivity index (χ0v) is 14.4. The molecule has 0 radical (unpaired) electrons. The molecule has 0 unspecified atom stereocenters. The Balaban J connectivity index is 2.18. The summed E-state index contributed by atoms with van der Waals surface area (Å²) in [4.78, 5) is 2.00. The normalized spacial score (nSPS) is 10.4. The van der Waals surface area contributed by atoms with E-state index in [9.17, 15) is 0 Å². The summed E-state index contributed by atoms with van der Waals surface area (Å²) in [5, 5.41) is 4.84. The van der Waals surface area contributed by atoms with E-state index >= 15 is 0 Å². The van der Waals surface area contributed by atoms with Crippen molar-refractivity contribution in [2.24, 2.45) is 0 Å². The van der Waals surface area contributed by atoms with Gasteiger partial charge in [0.2, 0.25) is 0 Å². The number of benzene rings is 2. The number of nitrogens with one attached hydrogen (secondary N) is 1. The van der Waals surface area contributed by atoms with Crippen molar-refractivity contribution in [2.75, 3.05) is 24.3 Å². The predicted molar refractivity (Wildman–Crippen MR) is 92.3 cm³/mol. The van der Waals surface area contributed by atoms with Gasteiger partial charge in [0.1, 0.15) is 0 Å². The van der Waals surface area contributed by atoms with E-state index in [0.717, 1.165) is 26.4 Å². The lowest BCUT2D eigenvalue weighted by atomic mass is 10.2. The van der Waals surface area contributed by atoms with E-state index in [1.54, 1.807) is 0 Å².